The Hall–Kier alpha value is -4.24. The average Bonchev–Trinajstić information content (AvgIpc) is 3.71. The van der Waals surface area contributed by atoms with Gasteiger partial charge >= 0.3 is 5.97 Å². The number of carboxylic acid groups (broad SMARTS) is 1. The maximum Gasteiger partial charge on any atom is 0.308 e. The fraction of sp³-hybridized carbons (Fsp3) is 0.429. The van der Waals surface area contributed by atoms with Crippen LogP contribution >= 0.6 is 0 Å². The summed E-state index contributed by atoms with van der Waals surface area (Å²) in [7, 11) is 1.93. The van der Waals surface area contributed by atoms with Crippen LogP contribution in [0.2, 0.25) is 0 Å². The summed E-state index contributed by atoms with van der Waals surface area (Å²) in [6.07, 6.45) is 7.30. The number of pyridine rings is 1. The molecule has 230 valence electrons. The van der Waals surface area contributed by atoms with Gasteiger partial charge in [-0.3, -0.25) is 19.3 Å². The Morgan fingerprint density at radius 2 is 1.95 bits per heavy atom. The first-order valence-electron chi connectivity index (χ1n) is 15.7. The molecule has 0 bridgehead atoms. The van der Waals surface area contributed by atoms with Crippen molar-refractivity contribution in [3.63, 3.8) is 0 Å². The molecule has 0 unspecified atom stereocenters. The summed E-state index contributed by atoms with van der Waals surface area (Å²) < 4.78 is 7.64. The van der Waals surface area contributed by atoms with Gasteiger partial charge in [0.25, 0.3) is 0 Å². The molecule has 2 aromatic carbocycles. The molecule has 9 heteroatoms. The van der Waals surface area contributed by atoms with Crippen molar-refractivity contribution in [3.8, 4) is 5.75 Å². The molecule has 9 nitrogen and oxygen atoms in total. The third-order valence-electron chi connectivity index (χ3n) is 9.36. The first-order chi connectivity index (χ1) is 21.3. The molecule has 3 aliphatic rings. The van der Waals surface area contributed by atoms with Crippen LogP contribution in [0.3, 0.4) is 0 Å². The van der Waals surface area contributed by atoms with Crippen LogP contribution in [0.5, 0.6) is 5.75 Å². The lowest BCUT2D eigenvalue weighted by atomic mass is 9.83. The molecule has 3 aliphatic heterocycles. The predicted octanol–water partition coefficient (Wildman–Crippen LogP) is 3.73. The number of carboxylic acids is 1. The topological polar surface area (TPSA) is 94.3 Å². The largest absolute Gasteiger partial charge is 0.493 e. The summed E-state index contributed by atoms with van der Waals surface area (Å²) >= 11 is 0. The van der Waals surface area contributed by atoms with Crippen LogP contribution in [0.25, 0.3) is 0 Å². The van der Waals surface area contributed by atoms with E-state index in [1.54, 1.807) is 4.90 Å². The van der Waals surface area contributed by atoms with Crippen molar-refractivity contribution in [3.05, 3.63) is 83.7 Å². The third-order valence-corrected chi connectivity index (χ3v) is 9.36. The van der Waals surface area contributed by atoms with Gasteiger partial charge in [0.1, 0.15) is 18.5 Å². The monoisotopic (exact) mass is 597 g/mol. The van der Waals surface area contributed by atoms with E-state index in [2.05, 4.69) is 17.9 Å². The number of hydrogen-bond acceptors (Lipinski definition) is 5. The van der Waals surface area contributed by atoms with Gasteiger partial charge in [-0.15, -0.1) is 0 Å². The molecule has 6 rings (SSSR count). The lowest BCUT2D eigenvalue weighted by Gasteiger charge is -2.30. The number of carbonyl (C=O) groups is 3. The Kier molecular flexibility index (Phi) is 8.66. The fourth-order valence-electron chi connectivity index (χ4n) is 7.16. The number of fused-ring (bicyclic) bond motifs is 2. The van der Waals surface area contributed by atoms with Crippen LogP contribution in [0.15, 0.2) is 67.0 Å². The Labute approximate surface area is 258 Å². The highest BCUT2D eigenvalue weighted by molar-refractivity contribution is 6.01. The standard InChI is InChI=1S/C35H40N4O5/c1-3-4-16-38(27-9-7-15-36(2)21-27)33(41)23-37-22-28(24-11-12-31-26(19-24)14-18-44-31)34(35(42)43)30(37)13-17-39-29-10-6-5-8-25(29)20-32(39)40/h5-12,15,19,21,28,30,34H,3-4,13-14,16-18,20,22-23H2,1-2H3/p+1/t28-,30+,34-/m1/s1. The molecular formula is C35H41N4O5+. The number of nitrogens with zero attached hydrogens (tertiary/aromatic N) is 4. The van der Waals surface area contributed by atoms with Gasteiger partial charge < -0.3 is 19.6 Å². The van der Waals surface area contributed by atoms with Crippen LogP contribution < -0.4 is 19.1 Å². The molecule has 0 radical (unpaired) electrons. The maximum absolute atomic E-state index is 14.1. The lowest BCUT2D eigenvalue weighted by molar-refractivity contribution is -0.670. The molecule has 1 aromatic heterocycles. The van der Waals surface area contributed by atoms with E-state index in [9.17, 15) is 19.5 Å². The number of para-hydroxylation sites is 1. The molecular weight excluding hydrogens is 556 g/mol. The first kappa shape index (κ1) is 29.8. The minimum absolute atomic E-state index is 0.0246. The van der Waals surface area contributed by atoms with Crippen LogP contribution in [-0.2, 0) is 34.3 Å². The van der Waals surface area contributed by atoms with E-state index >= 15 is 0 Å². The van der Waals surface area contributed by atoms with Gasteiger partial charge in [-0.2, -0.15) is 0 Å². The van der Waals surface area contributed by atoms with Gasteiger partial charge in [0.15, 0.2) is 12.4 Å². The number of amides is 2. The molecule has 1 N–H and O–H groups in total. The molecule has 1 saturated heterocycles. The summed E-state index contributed by atoms with van der Waals surface area (Å²) in [6.45, 7) is 4.27. The highest BCUT2D eigenvalue weighted by atomic mass is 16.5. The van der Waals surface area contributed by atoms with Gasteiger partial charge in [-0.1, -0.05) is 43.7 Å². The number of anilines is 2. The molecule has 0 spiro atoms. The van der Waals surface area contributed by atoms with E-state index in [4.69, 9.17) is 4.74 Å². The van der Waals surface area contributed by atoms with Gasteiger partial charge in [0, 0.05) is 49.8 Å². The van der Waals surface area contributed by atoms with Crippen LogP contribution in [0.1, 0.15) is 48.8 Å². The normalized spacial score (nSPS) is 20.8. The number of aliphatic carboxylic acids is 1. The summed E-state index contributed by atoms with van der Waals surface area (Å²) in [6, 6.07) is 17.2. The number of unbranched alkanes of at least 4 members (excludes halogenated alkanes) is 1. The van der Waals surface area contributed by atoms with E-state index in [0.717, 1.165) is 53.1 Å². The Morgan fingerprint density at radius 3 is 2.75 bits per heavy atom. The SMILES string of the molecule is CCCCN(C(=O)CN1C[C@H](c2ccc3c(c2)CCO3)[C@@H](C(=O)O)[C@@H]1CCN1C(=O)Cc2ccccc21)c1ccc[n+](C)c1. The fourth-order valence-corrected chi connectivity index (χ4v) is 7.16. The van der Waals surface area contributed by atoms with E-state index in [1.807, 2.05) is 77.4 Å². The molecule has 3 aromatic rings. The van der Waals surface area contributed by atoms with Crippen LogP contribution in [0, 0.1) is 5.92 Å². The number of carbonyl (C=O) groups excluding carboxylic acids is 2. The maximum atomic E-state index is 14.1. The number of aromatic nitrogens is 1. The number of hydrogen-bond donors (Lipinski definition) is 1. The molecule has 44 heavy (non-hydrogen) atoms. The first-order valence-corrected chi connectivity index (χ1v) is 15.7. The van der Waals surface area contributed by atoms with Crippen molar-refractivity contribution in [2.24, 2.45) is 13.0 Å². The van der Waals surface area contributed by atoms with Crippen molar-refractivity contribution < 1.29 is 28.8 Å². The predicted molar refractivity (Wildman–Crippen MR) is 167 cm³/mol. The Morgan fingerprint density at radius 1 is 1.11 bits per heavy atom. The highest BCUT2D eigenvalue weighted by Crippen LogP contribution is 2.41. The van der Waals surface area contributed by atoms with Gasteiger partial charge in [0.2, 0.25) is 11.8 Å². The average molecular weight is 598 g/mol. The van der Waals surface area contributed by atoms with Crippen LogP contribution in [-0.4, -0.2) is 66.6 Å². The van der Waals surface area contributed by atoms with Crippen LogP contribution in [0.4, 0.5) is 11.4 Å². The quantitative estimate of drug-likeness (QED) is 0.339. The second-order valence-corrected chi connectivity index (χ2v) is 12.2. The van der Waals surface area contributed by atoms with E-state index < -0.39 is 17.9 Å². The zero-order valence-electron chi connectivity index (χ0n) is 25.5. The smallest absolute Gasteiger partial charge is 0.308 e. The Balaban J connectivity index is 1.30. The summed E-state index contributed by atoms with van der Waals surface area (Å²) in [5, 5.41) is 10.7. The van der Waals surface area contributed by atoms with Crippen molar-refractivity contribution in [1.82, 2.24) is 4.90 Å². The molecule has 0 aliphatic carbocycles. The number of likely N-dealkylation sites (tertiary alicyclic amines) is 1. The van der Waals surface area contributed by atoms with E-state index in [0.29, 0.717) is 39.1 Å². The summed E-state index contributed by atoms with van der Waals surface area (Å²) in [4.78, 5) is 45.8. The second kappa shape index (κ2) is 12.8. The zero-order chi connectivity index (χ0) is 30.8. The molecule has 4 heterocycles. The van der Waals surface area contributed by atoms with Crippen molar-refractivity contribution in [1.29, 1.82) is 0 Å². The number of aryl methyl sites for hydroxylation is 1. The lowest BCUT2D eigenvalue weighted by Crippen LogP contribution is -2.46. The number of benzene rings is 2. The zero-order valence-corrected chi connectivity index (χ0v) is 25.5. The van der Waals surface area contributed by atoms with Crippen molar-refractivity contribution in [2.45, 2.75) is 51.0 Å². The van der Waals surface area contributed by atoms with Gasteiger partial charge in [-0.05, 0) is 47.7 Å². The van der Waals surface area contributed by atoms with E-state index in [-0.39, 0.29) is 24.3 Å². The Bertz CT molecular complexity index is 1560. The number of ether oxygens (including phenoxy) is 1. The summed E-state index contributed by atoms with van der Waals surface area (Å²) in [5.41, 5.74) is 4.77. The minimum Gasteiger partial charge on any atom is -0.493 e. The number of rotatable bonds is 11. The van der Waals surface area contributed by atoms with Crippen molar-refractivity contribution >= 4 is 29.2 Å². The van der Waals surface area contributed by atoms with Gasteiger partial charge in [-0.25, -0.2) is 4.57 Å². The highest BCUT2D eigenvalue weighted by Gasteiger charge is 2.47. The molecule has 0 saturated carbocycles. The molecule has 1 fully saturated rings. The second-order valence-electron chi connectivity index (χ2n) is 12.2. The minimum atomic E-state index is -0.877. The molecule has 2 amide bonds. The van der Waals surface area contributed by atoms with E-state index in [1.165, 1.54) is 0 Å². The third kappa shape index (κ3) is 5.93. The van der Waals surface area contributed by atoms with Crippen molar-refractivity contribution in [2.75, 3.05) is 42.6 Å². The molecule has 3 atom stereocenters. The van der Waals surface area contributed by atoms with Gasteiger partial charge in [0.05, 0.1) is 25.5 Å². The summed E-state index contributed by atoms with van der Waals surface area (Å²) in [5.74, 6) is -1.07.